The molecule has 0 radical (unpaired) electrons. The van der Waals surface area contributed by atoms with Crippen molar-refractivity contribution in [3.63, 3.8) is 0 Å². The third kappa shape index (κ3) is 9.69. The quantitative estimate of drug-likeness (QED) is 0.582. The Hall–Kier alpha value is -0.610. The number of ether oxygens (including phenoxy) is 3. The van der Waals surface area contributed by atoms with Crippen LogP contribution in [0.25, 0.3) is 0 Å². The summed E-state index contributed by atoms with van der Waals surface area (Å²) in [5.41, 5.74) is 0. The summed E-state index contributed by atoms with van der Waals surface area (Å²) >= 11 is 0. The van der Waals surface area contributed by atoms with E-state index in [0.717, 1.165) is 13.0 Å². The van der Waals surface area contributed by atoms with Crippen molar-refractivity contribution in [1.82, 2.24) is 0 Å². The molecular weight excluding hydrogens is 196 g/mol. The van der Waals surface area contributed by atoms with Gasteiger partial charge in [-0.05, 0) is 20.3 Å². The Morgan fingerprint density at radius 3 is 2.27 bits per heavy atom. The normalized spacial score (nSPS) is 14.7. The fraction of sp³-hybridized carbons (Fsp3) is 0.909. The Morgan fingerprint density at radius 1 is 1.13 bits per heavy atom. The van der Waals surface area contributed by atoms with Crippen LogP contribution in [0.15, 0.2) is 0 Å². The largest absolute Gasteiger partial charge is 0.463 e. The zero-order valence-corrected chi connectivity index (χ0v) is 10.1. The molecule has 90 valence electrons. The molecule has 0 fully saturated rings. The molecule has 15 heavy (non-hydrogen) atoms. The molecule has 0 heterocycles. The van der Waals surface area contributed by atoms with Crippen LogP contribution in [-0.4, -0.2) is 38.0 Å². The fourth-order valence-electron chi connectivity index (χ4n) is 0.950. The van der Waals surface area contributed by atoms with Crippen LogP contribution >= 0.6 is 0 Å². The molecule has 4 nitrogen and oxygen atoms in total. The molecule has 0 saturated heterocycles. The number of carbonyl (C=O) groups excluding carboxylic acids is 1. The first-order chi connectivity index (χ1) is 7.06. The fourth-order valence-corrected chi connectivity index (χ4v) is 0.950. The lowest BCUT2D eigenvalue weighted by molar-refractivity contribution is -0.145. The summed E-state index contributed by atoms with van der Waals surface area (Å²) in [5.74, 6) is -0.277. The average Bonchev–Trinajstić information content (AvgIpc) is 2.20. The van der Waals surface area contributed by atoms with Gasteiger partial charge in [0.15, 0.2) is 0 Å². The Morgan fingerprint density at radius 2 is 1.73 bits per heavy atom. The third-order valence-electron chi connectivity index (χ3n) is 1.74. The van der Waals surface area contributed by atoms with Crippen molar-refractivity contribution >= 4 is 5.97 Å². The highest BCUT2D eigenvalue weighted by Crippen LogP contribution is 1.98. The number of carbonyl (C=O) groups is 1. The zero-order valence-electron chi connectivity index (χ0n) is 10.1. The maximum absolute atomic E-state index is 10.5. The average molecular weight is 218 g/mol. The van der Waals surface area contributed by atoms with Gasteiger partial charge in [-0.25, -0.2) is 0 Å². The van der Waals surface area contributed by atoms with E-state index in [-0.39, 0.29) is 18.2 Å². The van der Waals surface area contributed by atoms with E-state index in [1.807, 2.05) is 13.8 Å². The highest BCUT2D eigenvalue weighted by Gasteiger charge is 2.07. The number of hydrogen-bond acceptors (Lipinski definition) is 4. The first-order valence-electron chi connectivity index (χ1n) is 5.42. The van der Waals surface area contributed by atoms with E-state index >= 15 is 0 Å². The van der Waals surface area contributed by atoms with Crippen LogP contribution in [0.3, 0.4) is 0 Å². The lowest BCUT2D eigenvalue weighted by Crippen LogP contribution is -2.24. The minimum atomic E-state index is -0.277. The molecule has 0 aliphatic carbocycles. The Kier molecular flexibility index (Phi) is 8.33. The van der Waals surface area contributed by atoms with E-state index < -0.39 is 0 Å². The molecule has 0 spiro atoms. The van der Waals surface area contributed by atoms with E-state index in [4.69, 9.17) is 14.2 Å². The van der Waals surface area contributed by atoms with Gasteiger partial charge in [0, 0.05) is 13.5 Å². The van der Waals surface area contributed by atoms with Gasteiger partial charge in [0.2, 0.25) is 0 Å². The smallest absolute Gasteiger partial charge is 0.302 e. The summed E-state index contributed by atoms with van der Waals surface area (Å²) in [6.07, 6.45) is 1.01. The van der Waals surface area contributed by atoms with E-state index in [2.05, 4.69) is 6.92 Å². The van der Waals surface area contributed by atoms with Gasteiger partial charge >= 0.3 is 5.97 Å². The van der Waals surface area contributed by atoms with Crippen LogP contribution in [-0.2, 0) is 19.0 Å². The third-order valence-corrected chi connectivity index (χ3v) is 1.74. The van der Waals surface area contributed by atoms with Crippen molar-refractivity contribution in [3.05, 3.63) is 0 Å². The first kappa shape index (κ1) is 14.4. The SMILES string of the molecule is CCCOC(C)COC(C)COC(C)=O. The molecule has 0 aliphatic heterocycles. The molecule has 4 heteroatoms. The molecule has 0 aromatic carbocycles. The van der Waals surface area contributed by atoms with E-state index in [9.17, 15) is 4.79 Å². The molecule has 0 aromatic rings. The van der Waals surface area contributed by atoms with Gasteiger partial charge in [0.05, 0.1) is 18.8 Å². The summed E-state index contributed by atoms with van der Waals surface area (Å²) in [5, 5.41) is 0. The van der Waals surface area contributed by atoms with Crippen molar-refractivity contribution in [1.29, 1.82) is 0 Å². The van der Waals surface area contributed by atoms with Crippen molar-refractivity contribution < 1.29 is 19.0 Å². The summed E-state index contributed by atoms with van der Waals surface area (Å²) in [7, 11) is 0. The summed E-state index contributed by atoms with van der Waals surface area (Å²) in [6.45, 7) is 8.88. The van der Waals surface area contributed by atoms with Crippen molar-refractivity contribution in [2.75, 3.05) is 19.8 Å². The summed E-state index contributed by atoms with van der Waals surface area (Å²) in [4.78, 5) is 10.5. The van der Waals surface area contributed by atoms with Gasteiger partial charge in [0.1, 0.15) is 6.61 Å². The first-order valence-corrected chi connectivity index (χ1v) is 5.42. The second-order valence-electron chi connectivity index (χ2n) is 3.63. The molecular formula is C11H22O4. The van der Waals surface area contributed by atoms with Crippen LogP contribution in [0, 0.1) is 0 Å². The molecule has 0 amide bonds. The van der Waals surface area contributed by atoms with Crippen LogP contribution in [0.1, 0.15) is 34.1 Å². The molecule has 0 bridgehead atoms. The van der Waals surface area contributed by atoms with E-state index in [1.165, 1.54) is 6.92 Å². The van der Waals surface area contributed by atoms with Gasteiger partial charge in [0.25, 0.3) is 0 Å². The molecule has 2 atom stereocenters. The highest BCUT2D eigenvalue weighted by atomic mass is 16.6. The molecule has 0 rings (SSSR count). The Bertz CT molecular complexity index is 170. The Balaban J connectivity index is 3.43. The highest BCUT2D eigenvalue weighted by molar-refractivity contribution is 5.65. The molecule has 0 aliphatic rings. The summed E-state index contributed by atoms with van der Waals surface area (Å²) in [6, 6.07) is 0. The van der Waals surface area contributed by atoms with Gasteiger partial charge in [-0.3, -0.25) is 4.79 Å². The van der Waals surface area contributed by atoms with Crippen molar-refractivity contribution in [2.24, 2.45) is 0 Å². The molecule has 0 aromatic heterocycles. The number of rotatable bonds is 8. The second kappa shape index (κ2) is 8.68. The molecule has 0 N–H and O–H groups in total. The standard InChI is InChI=1S/C11H22O4/c1-5-6-13-9(2)7-14-10(3)8-15-11(4)12/h9-10H,5-8H2,1-4H3. The number of hydrogen-bond donors (Lipinski definition) is 0. The lowest BCUT2D eigenvalue weighted by atomic mass is 10.4. The number of esters is 1. The minimum Gasteiger partial charge on any atom is -0.463 e. The maximum atomic E-state index is 10.5. The van der Waals surface area contributed by atoms with Crippen LogP contribution in [0.2, 0.25) is 0 Å². The second-order valence-corrected chi connectivity index (χ2v) is 3.63. The topological polar surface area (TPSA) is 44.8 Å². The molecule has 2 unspecified atom stereocenters. The van der Waals surface area contributed by atoms with Gasteiger partial charge < -0.3 is 14.2 Å². The van der Waals surface area contributed by atoms with Crippen LogP contribution in [0.4, 0.5) is 0 Å². The van der Waals surface area contributed by atoms with Crippen LogP contribution < -0.4 is 0 Å². The zero-order chi connectivity index (χ0) is 11.7. The van der Waals surface area contributed by atoms with Gasteiger partial charge in [-0.15, -0.1) is 0 Å². The van der Waals surface area contributed by atoms with Crippen LogP contribution in [0.5, 0.6) is 0 Å². The predicted octanol–water partition coefficient (Wildman–Crippen LogP) is 1.77. The minimum absolute atomic E-state index is 0.0819. The Labute approximate surface area is 91.9 Å². The van der Waals surface area contributed by atoms with Gasteiger partial charge in [-0.1, -0.05) is 6.92 Å². The summed E-state index contributed by atoms with van der Waals surface area (Å²) < 4.78 is 15.7. The van der Waals surface area contributed by atoms with Crippen molar-refractivity contribution in [2.45, 2.75) is 46.3 Å². The maximum Gasteiger partial charge on any atom is 0.302 e. The van der Waals surface area contributed by atoms with E-state index in [1.54, 1.807) is 0 Å². The predicted molar refractivity (Wildman–Crippen MR) is 57.8 cm³/mol. The monoisotopic (exact) mass is 218 g/mol. The van der Waals surface area contributed by atoms with Crippen molar-refractivity contribution in [3.8, 4) is 0 Å². The molecule has 0 saturated carbocycles. The van der Waals surface area contributed by atoms with Gasteiger partial charge in [-0.2, -0.15) is 0 Å². The lowest BCUT2D eigenvalue weighted by Gasteiger charge is -2.17. The van der Waals surface area contributed by atoms with E-state index in [0.29, 0.717) is 13.2 Å².